The molecule has 1 fully saturated rings. The van der Waals surface area contributed by atoms with Gasteiger partial charge >= 0.3 is 0 Å². The van der Waals surface area contributed by atoms with Crippen molar-refractivity contribution in [3.63, 3.8) is 0 Å². The third kappa shape index (κ3) is 2.21. The average Bonchev–Trinajstić information content (AvgIpc) is 2.66. The van der Waals surface area contributed by atoms with Crippen LogP contribution >= 0.6 is 0 Å². The van der Waals surface area contributed by atoms with Gasteiger partial charge in [-0.3, -0.25) is 9.48 Å². The van der Waals surface area contributed by atoms with Gasteiger partial charge in [0.1, 0.15) is 0 Å². The molecule has 0 amide bonds. The Morgan fingerprint density at radius 3 is 2.74 bits per heavy atom. The maximum atomic E-state index is 12.5. The molecular weight excluding hydrogens is 236 g/mol. The number of rotatable bonds is 3. The number of benzene rings is 1. The molecule has 3 heteroatoms. The van der Waals surface area contributed by atoms with Gasteiger partial charge in [0.2, 0.25) is 0 Å². The van der Waals surface area contributed by atoms with Crippen LogP contribution in [-0.4, -0.2) is 15.6 Å². The summed E-state index contributed by atoms with van der Waals surface area (Å²) in [6, 6.07) is 8.08. The molecule has 1 aliphatic rings. The molecule has 0 unspecified atom stereocenters. The molecule has 0 atom stereocenters. The smallest absolute Gasteiger partial charge is 0.196 e. The highest BCUT2D eigenvalue weighted by atomic mass is 16.1. The molecule has 1 aromatic heterocycles. The summed E-state index contributed by atoms with van der Waals surface area (Å²) in [6.45, 7) is 1.88. The Labute approximate surface area is 113 Å². The summed E-state index contributed by atoms with van der Waals surface area (Å²) in [7, 11) is 1.84. The maximum Gasteiger partial charge on any atom is 0.196 e. The highest BCUT2D eigenvalue weighted by molar-refractivity contribution is 6.09. The summed E-state index contributed by atoms with van der Waals surface area (Å²) < 4.78 is 1.69. The van der Waals surface area contributed by atoms with E-state index in [2.05, 4.69) is 17.2 Å². The van der Waals surface area contributed by atoms with E-state index in [0.29, 0.717) is 11.5 Å². The molecule has 0 N–H and O–H groups in total. The fourth-order valence-electron chi connectivity index (χ4n) is 2.65. The van der Waals surface area contributed by atoms with E-state index in [1.807, 2.05) is 26.1 Å². The fourth-order valence-corrected chi connectivity index (χ4v) is 2.65. The summed E-state index contributed by atoms with van der Waals surface area (Å²) in [5, 5.41) is 4.24. The van der Waals surface area contributed by atoms with Gasteiger partial charge < -0.3 is 0 Å². The summed E-state index contributed by atoms with van der Waals surface area (Å²) >= 11 is 0. The molecule has 3 rings (SSSR count). The summed E-state index contributed by atoms with van der Waals surface area (Å²) in [5.74, 6) is 0.731. The van der Waals surface area contributed by atoms with Crippen molar-refractivity contribution in [2.45, 2.75) is 32.1 Å². The largest absolute Gasteiger partial charge is 0.288 e. The molecule has 0 radical (unpaired) electrons. The number of carbonyl (C=O) groups is 1. The first-order chi connectivity index (χ1) is 9.15. The maximum absolute atomic E-state index is 12.5. The molecule has 1 aliphatic carbocycles. The van der Waals surface area contributed by atoms with Gasteiger partial charge in [0, 0.05) is 18.8 Å². The lowest BCUT2D eigenvalue weighted by molar-refractivity contribution is 0.103. The zero-order chi connectivity index (χ0) is 13.4. The Hall–Kier alpha value is -1.90. The van der Waals surface area contributed by atoms with E-state index in [1.54, 1.807) is 10.9 Å². The number of aryl methyl sites for hydroxylation is 2. The van der Waals surface area contributed by atoms with Crippen LogP contribution in [0.25, 0.3) is 0 Å². The minimum Gasteiger partial charge on any atom is -0.288 e. The molecule has 0 saturated heterocycles. The summed E-state index contributed by atoms with van der Waals surface area (Å²) in [6.07, 6.45) is 5.62. The van der Waals surface area contributed by atoms with Gasteiger partial charge in [0.15, 0.2) is 5.78 Å². The highest BCUT2D eigenvalue weighted by Crippen LogP contribution is 2.36. The highest BCUT2D eigenvalue weighted by Gasteiger charge is 2.21. The van der Waals surface area contributed by atoms with Crippen LogP contribution in [0.4, 0.5) is 0 Å². The Kier molecular flexibility index (Phi) is 2.97. The molecule has 19 heavy (non-hydrogen) atoms. The first kappa shape index (κ1) is 12.2. The molecule has 1 aromatic carbocycles. The molecule has 3 nitrogen and oxygen atoms in total. The second-order valence-corrected chi connectivity index (χ2v) is 5.38. The van der Waals surface area contributed by atoms with Crippen molar-refractivity contribution in [2.24, 2.45) is 7.05 Å². The molecule has 0 spiro atoms. The normalized spacial score (nSPS) is 15.3. The zero-order valence-corrected chi connectivity index (χ0v) is 11.4. The number of carbonyl (C=O) groups excluding carboxylic acids is 1. The third-order valence-electron chi connectivity index (χ3n) is 3.98. The molecule has 1 saturated carbocycles. The van der Waals surface area contributed by atoms with Crippen molar-refractivity contribution in [3.8, 4) is 0 Å². The van der Waals surface area contributed by atoms with E-state index in [9.17, 15) is 4.79 Å². The van der Waals surface area contributed by atoms with Gasteiger partial charge in [0.25, 0.3) is 0 Å². The van der Waals surface area contributed by atoms with Crippen molar-refractivity contribution in [3.05, 3.63) is 52.8 Å². The van der Waals surface area contributed by atoms with E-state index >= 15 is 0 Å². The van der Waals surface area contributed by atoms with Gasteiger partial charge in [-0.25, -0.2) is 0 Å². The van der Waals surface area contributed by atoms with Gasteiger partial charge in [-0.1, -0.05) is 24.6 Å². The lowest BCUT2D eigenvalue weighted by Crippen LogP contribution is -2.10. The van der Waals surface area contributed by atoms with Crippen molar-refractivity contribution in [1.82, 2.24) is 9.78 Å². The average molecular weight is 254 g/mol. The molecule has 2 aromatic rings. The lowest BCUT2D eigenvalue weighted by Gasteiger charge is -2.26. The molecule has 98 valence electrons. The summed E-state index contributed by atoms with van der Waals surface area (Å²) in [5.41, 5.74) is 3.58. The van der Waals surface area contributed by atoms with E-state index in [1.165, 1.54) is 24.8 Å². The second-order valence-electron chi connectivity index (χ2n) is 5.38. The quantitative estimate of drug-likeness (QED) is 0.788. The minimum absolute atomic E-state index is 0.0757. The monoisotopic (exact) mass is 254 g/mol. The Balaban J connectivity index is 1.93. The molecule has 0 bridgehead atoms. The number of hydrogen-bond donors (Lipinski definition) is 0. The molecular formula is C16H18N2O. The summed E-state index contributed by atoms with van der Waals surface area (Å²) in [4.78, 5) is 12.5. The van der Waals surface area contributed by atoms with Crippen molar-refractivity contribution in [1.29, 1.82) is 0 Å². The van der Waals surface area contributed by atoms with Crippen LogP contribution in [0.2, 0.25) is 0 Å². The van der Waals surface area contributed by atoms with Gasteiger partial charge in [-0.05, 0) is 37.3 Å². The Morgan fingerprint density at radius 1 is 1.37 bits per heavy atom. The van der Waals surface area contributed by atoms with Crippen LogP contribution < -0.4 is 0 Å². The van der Waals surface area contributed by atoms with E-state index in [-0.39, 0.29) is 5.78 Å². The Morgan fingerprint density at radius 2 is 2.16 bits per heavy atom. The van der Waals surface area contributed by atoms with Crippen LogP contribution in [0.15, 0.2) is 30.5 Å². The van der Waals surface area contributed by atoms with Crippen LogP contribution in [-0.2, 0) is 7.05 Å². The molecule has 0 aliphatic heterocycles. The SMILES string of the molecule is Cc1nn(C)cc1C(=O)c1cccc(C2CCC2)c1. The number of hydrogen-bond acceptors (Lipinski definition) is 2. The standard InChI is InChI=1S/C16H18N2O/c1-11-15(10-18(2)17-11)16(19)14-8-4-7-13(9-14)12-5-3-6-12/h4,7-10,12H,3,5-6H2,1-2H3. The van der Waals surface area contributed by atoms with Crippen LogP contribution in [0.3, 0.4) is 0 Å². The Bertz CT molecular complexity index is 623. The lowest BCUT2D eigenvalue weighted by atomic mass is 9.79. The third-order valence-corrected chi connectivity index (χ3v) is 3.98. The second kappa shape index (κ2) is 4.65. The van der Waals surface area contributed by atoms with Crippen molar-refractivity contribution >= 4 is 5.78 Å². The van der Waals surface area contributed by atoms with E-state index < -0.39 is 0 Å². The van der Waals surface area contributed by atoms with E-state index in [4.69, 9.17) is 0 Å². The first-order valence-corrected chi connectivity index (χ1v) is 6.80. The number of aromatic nitrogens is 2. The van der Waals surface area contributed by atoms with Crippen LogP contribution in [0.1, 0.15) is 52.4 Å². The first-order valence-electron chi connectivity index (χ1n) is 6.80. The minimum atomic E-state index is 0.0757. The zero-order valence-electron chi connectivity index (χ0n) is 11.4. The van der Waals surface area contributed by atoms with Crippen molar-refractivity contribution < 1.29 is 4.79 Å². The molecule has 1 heterocycles. The number of ketones is 1. The van der Waals surface area contributed by atoms with Gasteiger partial charge in [0.05, 0.1) is 11.3 Å². The predicted octanol–water partition coefficient (Wildman–Crippen LogP) is 3.23. The van der Waals surface area contributed by atoms with Crippen LogP contribution in [0, 0.1) is 6.92 Å². The fraction of sp³-hybridized carbons (Fsp3) is 0.375. The van der Waals surface area contributed by atoms with Gasteiger partial charge in [-0.2, -0.15) is 5.10 Å². The predicted molar refractivity (Wildman–Crippen MR) is 74.4 cm³/mol. The van der Waals surface area contributed by atoms with Crippen LogP contribution in [0.5, 0.6) is 0 Å². The van der Waals surface area contributed by atoms with Gasteiger partial charge in [-0.15, -0.1) is 0 Å². The van der Waals surface area contributed by atoms with Crippen molar-refractivity contribution in [2.75, 3.05) is 0 Å². The number of nitrogens with zero attached hydrogens (tertiary/aromatic N) is 2. The van der Waals surface area contributed by atoms with E-state index in [0.717, 1.165) is 11.3 Å². The topological polar surface area (TPSA) is 34.9 Å².